The summed E-state index contributed by atoms with van der Waals surface area (Å²) < 4.78 is 0. The molecule has 0 bridgehead atoms. The summed E-state index contributed by atoms with van der Waals surface area (Å²) in [7, 11) is -2.77. The van der Waals surface area contributed by atoms with Crippen LogP contribution in [0.2, 0.25) is 0 Å². The number of benzene rings is 13. The van der Waals surface area contributed by atoms with Crippen molar-refractivity contribution in [2.45, 2.75) is 0 Å². The summed E-state index contributed by atoms with van der Waals surface area (Å²) in [6.45, 7) is 0. The van der Waals surface area contributed by atoms with Crippen LogP contribution >= 0.6 is 0 Å². The second kappa shape index (κ2) is 14.4. The second-order valence-electron chi connectivity index (χ2n) is 18.2. The predicted octanol–water partition coefficient (Wildman–Crippen LogP) is 14.3. The molecule has 13 aromatic rings. The van der Waals surface area contributed by atoms with E-state index in [1.165, 1.54) is 124 Å². The molecule has 0 amide bonds. The first-order valence-corrected chi connectivity index (χ1v) is 25.1. The zero-order valence-corrected chi connectivity index (χ0v) is 37.5. The van der Waals surface area contributed by atoms with E-state index in [1.807, 2.05) is 12.1 Å². The number of hydrogen-bond acceptors (Lipinski definition) is 1. The lowest BCUT2D eigenvalue weighted by Gasteiger charge is -2.31. The standard InChI is InChI=1S/C65H39NSi/c66-40-41-23-31-54-55-32-28-45(36-58(55)51-20-10-9-19-50(51)57(54)35-41)42-24-26-43(27-25-42)46-29-33-56-59(37-46)52-21-11-12-22-53(52)60-38-62-64(39-61(56)60)67(47-14-3-1-4-15-47,48-16-5-2-6-17-48)63-34-30-44-13-7-8-18-49(44)65(62)63/h1-39H. The molecule has 0 N–H and O–H groups in total. The summed E-state index contributed by atoms with van der Waals surface area (Å²) in [6.07, 6.45) is 0. The van der Waals surface area contributed by atoms with Gasteiger partial charge in [0.15, 0.2) is 8.07 Å². The molecular weight excluding hydrogens is 823 g/mol. The average molecular weight is 862 g/mol. The van der Waals surface area contributed by atoms with E-state index in [1.54, 1.807) is 0 Å². The number of rotatable bonds is 4. The van der Waals surface area contributed by atoms with E-state index in [2.05, 4.69) is 231 Å². The number of fused-ring (bicyclic) bond motifs is 17. The maximum atomic E-state index is 9.68. The van der Waals surface area contributed by atoms with Gasteiger partial charge >= 0.3 is 0 Å². The van der Waals surface area contributed by atoms with Crippen molar-refractivity contribution in [3.05, 3.63) is 242 Å². The van der Waals surface area contributed by atoms with E-state index in [0.717, 1.165) is 5.39 Å². The van der Waals surface area contributed by atoms with Crippen molar-refractivity contribution in [1.29, 1.82) is 5.26 Å². The fourth-order valence-electron chi connectivity index (χ4n) is 11.9. The molecule has 1 aliphatic rings. The Morgan fingerprint density at radius 3 is 1.25 bits per heavy atom. The third-order valence-corrected chi connectivity index (χ3v) is 19.8. The van der Waals surface area contributed by atoms with Gasteiger partial charge in [-0.1, -0.05) is 206 Å². The van der Waals surface area contributed by atoms with E-state index >= 15 is 0 Å². The SMILES string of the molecule is N#Cc1ccc2c3ccc(-c4ccc(-c5ccc6c(c5)c5ccccc5c5cc7c(cc65)[Si](c5ccccc5)(c5ccccc5)c5ccc6ccccc6c5-7)cc4)cc3c3ccccc3c2c1. The smallest absolute Gasteiger partial charge is 0.180 e. The minimum absolute atomic E-state index is 0.681. The Kier molecular flexibility index (Phi) is 8.14. The third-order valence-electron chi connectivity index (χ3n) is 14.9. The van der Waals surface area contributed by atoms with Crippen LogP contribution in [-0.4, -0.2) is 8.07 Å². The van der Waals surface area contributed by atoms with Gasteiger partial charge in [0, 0.05) is 0 Å². The van der Waals surface area contributed by atoms with Crippen LogP contribution in [0.25, 0.3) is 109 Å². The van der Waals surface area contributed by atoms with Crippen molar-refractivity contribution in [3.63, 3.8) is 0 Å². The molecule has 67 heavy (non-hydrogen) atoms. The Hall–Kier alpha value is -8.61. The fraction of sp³-hybridized carbons (Fsp3) is 0. The van der Waals surface area contributed by atoms with Gasteiger partial charge in [-0.25, -0.2) is 0 Å². The van der Waals surface area contributed by atoms with Gasteiger partial charge in [-0.15, -0.1) is 0 Å². The Morgan fingerprint density at radius 2 is 0.701 bits per heavy atom. The minimum Gasteiger partial charge on any atom is -0.192 e. The Balaban J connectivity index is 0.949. The summed E-state index contributed by atoms with van der Waals surface area (Å²) in [4.78, 5) is 0. The number of hydrogen-bond donors (Lipinski definition) is 0. The summed E-state index contributed by atoms with van der Waals surface area (Å²) in [5.41, 5.74) is 8.19. The first-order valence-electron chi connectivity index (χ1n) is 23.1. The molecule has 14 rings (SSSR count). The van der Waals surface area contributed by atoms with E-state index in [0.29, 0.717) is 5.56 Å². The van der Waals surface area contributed by atoms with Gasteiger partial charge in [0.25, 0.3) is 0 Å². The zero-order valence-electron chi connectivity index (χ0n) is 36.5. The molecule has 308 valence electrons. The lowest BCUT2D eigenvalue weighted by atomic mass is 9.89. The Morgan fingerprint density at radius 1 is 0.284 bits per heavy atom. The normalized spacial score (nSPS) is 12.9. The molecule has 0 saturated heterocycles. The quantitative estimate of drug-likeness (QED) is 0.128. The molecule has 0 aromatic heterocycles. The molecule has 1 nitrogen and oxygen atoms in total. The predicted molar refractivity (Wildman–Crippen MR) is 287 cm³/mol. The molecule has 0 atom stereocenters. The monoisotopic (exact) mass is 861 g/mol. The highest BCUT2D eigenvalue weighted by Gasteiger charge is 2.49. The number of nitriles is 1. The molecule has 0 spiro atoms. The first-order chi connectivity index (χ1) is 33.2. The van der Waals surface area contributed by atoms with Crippen LogP contribution in [0.4, 0.5) is 0 Å². The molecule has 0 saturated carbocycles. The summed E-state index contributed by atoms with van der Waals surface area (Å²) >= 11 is 0. The molecule has 0 fully saturated rings. The molecule has 1 aliphatic heterocycles. The van der Waals surface area contributed by atoms with Crippen LogP contribution in [-0.2, 0) is 0 Å². The van der Waals surface area contributed by atoms with Crippen LogP contribution in [0.1, 0.15) is 5.56 Å². The Labute approximate surface area is 389 Å². The van der Waals surface area contributed by atoms with E-state index in [-0.39, 0.29) is 0 Å². The maximum absolute atomic E-state index is 9.68. The van der Waals surface area contributed by atoms with Crippen LogP contribution in [0.3, 0.4) is 0 Å². The van der Waals surface area contributed by atoms with Crippen molar-refractivity contribution >= 4 is 104 Å². The van der Waals surface area contributed by atoms with Crippen molar-refractivity contribution in [2.24, 2.45) is 0 Å². The van der Waals surface area contributed by atoms with E-state index in [4.69, 9.17) is 0 Å². The van der Waals surface area contributed by atoms with Crippen LogP contribution in [0.5, 0.6) is 0 Å². The molecule has 13 aromatic carbocycles. The van der Waals surface area contributed by atoms with Crippen LogP contribution in [0.15, 0.2) is 237 Å². The molecule has 0 aliphatic carbocycles. The van der Waals surface area contributed by atoms with Gasteiger partial charge < -0.3 is 0 Å². The van der Waals surface area contributed by atoms with Gasteiger partial charge in [0.05, 0.1) is 11.6 Å². The van der Waals surface area contributed by atoms with Gasteiger partial charge in [0.2, 0.25) is 0 Å². The van der Waals surface area contributed by atoms with Gasteiger partial charge in [0.1, 0.15) is 0 Å². The van der Waals surface area contributed by atoms with Gasteiger partial charge in [-0.3, -0.25) is 0 Å². The number of nitrogens with zero attached hydrogens (tertiary/aromatic N) is 1. The highest BCUT2D eigenvalue weighted by atomic mass is 28.3. The second-order valence-corrected chi connectivity index (χ2v) is 21.9. The van der Waals surface area contributed by atoms with E-state index in [9.17, 15) is 5.26 Å². The van der Waals surface area contributed by atoms with Crippen molar-refractivity contribution in [1.82, 2.24) is 0 Å². The topological polar surface area (TPSA) is 23.8 Å². The van der Waals surface area contributed by atoms with Crippen molar-refractivity contribution < 1.29 is 0 Å². The van der Waals surface area contributed by atoms with Gasteiger partial charge in [-0.2, -0.15) is 5.26 Å². The van der Waals surface area contributed by atoms with E-state index < -0.39 is 8.07 Å². The molecule has 1 heterocycles. The Bertz CT molecular complexity index is 4200. The minimum atomic E-state index is -2.77. The van der Waals surface area contributed by atoms with Crippen LogP contribution in [0, 0.1) is 11.3 Å². The summed E-state index contributed by atoms with van der Waals surface area (Å²) in [5, 5.41) is 32.8. The lowest BCUT2D eigenvalue weighted by molar-refractivity contribution is 1.50. The summed E-state index contributed by atoms with van der Waals surface area (Å²) in [6, 6.07) is 90.6. The molecule has 0 radical (unpaired) electrons. The zero-order chi connectivity index (χ0) is 44.2. The largest absolute Gasteiger partial charge is 0.192 e. The average Bonchev–Trinajstić information content (AvgIpc) is 3.71. The third kappa shape index (κ3) is 5.41. The maximum Gasteiger partial charge on any atom is 0.180 e. The highest BCUT2D eigenvalue weighted by Crippen LogP contribution is 2.43. The summed E-state index contributed by atoms with van der Waals surface area (Å²) in [5.74, 6) is 0. The first kappa shape index (κ1) is 37.7. The lowest BCUT2D eigenvalue weighted by Crippen LogP contribution is -2.72. The molecule has 0 unspecified atom stereocenters. The molecular formula is C65H39NSi. The van der Waals surface area contributed by atoms with Crippen LogP contribution < -0.4 is 20.7 Å². The fourth-order valence-corrected chi connectivity index (χ4v) is 17.1. The van der Waals surface area contributed by atoms with Crippen molar-refractivity contribution in [2.75, 3.05) is 0 Å². The van der Waals surface area contributed by atoms with Gasteiger partial charge in [-0.05, 0) is 160 Å². The molecule has 2 heteroatoms. The highest BCUT2D eigenvalue weighted by molar-refractivity contribution is 7.22. The van der Waals surface area contributed by atoms with Crippen molar-refractivity contribution in [3.8, 4) is 39.4 Å².